The summed E-state index contributed by atoms with van der Waals surface area (Å²) in [7, 11) is 2.37. The molecule has 0 N–H and O–H groups in total. The molecule has 0 radical (unpaired) electrons. The van der Waals surface area contributed by atoms with Crippen molar-refractivity contribution in [1.82, 2.24) is 0 Å². The quantitative estimate of drug-likeness (QED) is 0.592. The number of benzene rings is 3. The van der Waals surface area contributed by atoms with Crippen molar-refractivity contribution >= 4 is 10.9 Å². The Morgan fingerprint density at radius 1 is 0.680 bits per heavy atom. The Kier molecular flexibility index (Phi) is 5.24. The number of methoxy groups -OCH3 is 2. The number of halogens is 2. The van der Waals surface area contributed by atoms with E-state index >= 15 is 0 Å². The topological polar surface area (TPSA) is 18.5 Å². The molecule has 0 atom stereocenters. The molecule has 0 aliphatic heterocycles. The summed E-state index contributed by atoms with van der Waals surface area (Å²) in [6.45, 7) is 0. The molecule has 128 valence electrons. The Morgan fingerprint density at radius 2 is 1.12 bits per heavy atom. The Labute approximate surface area is 148 Å². The van der Waals surface area contributed by atoms with Crippen molar-refractivity contribution in [1.29, 1.82) is 0 Å². The van der Waals surface area contributed by atoms with E-state index in [0.29, 0.717) is 16.4 Å². The highest BCUT2D eigenvalue weighted by Crippen LogP contribution is 2.40. The summed E-state index contributed by atoms with van der Waals surface area (Å²) >= 11 is 0. The third-order valence-electron chi connectivity index (χ3n) is 3.65. The summed E-state index contributed by atoms with van der Waals surface area (Å²) in [6.07, 6.45) is 0. The van der Waals surface area contributed by atoms with Crippen molar-refractivity contribution in [3.8, 4) is 11.5 Å². The first-order chi connectivity index (χ1) is 12.1. The van der Waals surface area contributed by atoms with Gasteiger partial charge in [-0.05, 0) is 24.3 Å². The third kappa shape index (κ3) is 3.61. The van der Waals surface area contributed by atoms with Crippen LogP contribution in [0.1, 0.15) is 0 Å². The summed E-state index contributed by atoms with van der Waals surface area (Å²) in [4.78, 5) is 2.19. The van der Waals surface area contributed by atoms with Crippen molar-refractivity contribution in [2.75, 3.05) is 14.2 Å². The molecule has 0 spiro atoms. The molecule has 0 aliphatic carbocycles. The minimum atomic E-state index is -0.788. The lowest BCUT2D eigenvalue weighted by Gasteiger charge is -2.13. The molecule has 0 fully saturated rings. The van der Waals surface area contributed by atoms with Crippen LogP contribution < -0.4 is 9.47 Å². The molecule has 0 bridgehead atoms. The Bertz CT molecular complexity index is 815. The molecule has 0 aromatic heterocycles. The molecule has 2 nitrogen and oxygen atoms in total. The Hall–Kier alpha value is -2.53. The molecule has 0 heterocycles. The number of ether oxygens (including phenoxy) is 2. The predicted molar refractivity (Wildman–Crippen MR) is 94.5 cm³/mol. The first kappa shape index (κ1) is 17.3. The standard InChI is InChI=1S/C20H17F2O2S/c1-23-17-7-3-5-9-19(17)25(16-12-14(21)11-15(22)13-16)20-10-6-4-8-18(20)24-2/h3-13H,1-2H3/q+1. The normalized spacial score (nSPS) is 10.8. The molecule has 0 aliphatic rings. The molecule has 25 heavy (non-hydrogen) atoms. The van der Waals surface area contributed by atoms with E-state index in [4.69, 9.17) is 9.47 Å². The van der Waals surface area contributed by atoms with Gasteiger partial charge in [0.2, 0.25) is 9.79 Å². The first-order valence-corrected chi connectivity index (χ1v) is 8.83. The van der Waals surface area contributed by atoms with Crippen LogP contribution in [0.15, 0.2) is 81.4 Å². The highest BCUT2D eigenvalue weighted by Gasteiger charge is 2.35. The van der Waals surface area contributed by atoms with Gasteiger partial charge in [0.15, 0.2) is 16.4 Å². The van der Waals surface area contributed by atoms with E-state index in [1.54, 1.807) is 14.2 Å². The molecule has 0 saturated heterocycles. The average molecular weight is 359 g/mol. The summed E-state index contributed by atoms with van der Waals surface area (Å²) in [6, 6.07) is 18.5. The van der Waals surface area contributed by atoms with E-state index in [9.17, 15) is 8.78 Å². The van der Waals surface area contributed by atoms with Crippen molar-refractivity contribution < 1.29 is 18.3 Å². The van der Waals surface area contributed by atoms with Gasteiger partial charge in [-0.1, -0.05) is 24.3 Å². The van der Waals surface area contributed by atoms with E-state index < -0.39 is 22.5 Å². The van der Waals surface area contributed by atoms with Crippen molar-refractivity contribution in [3.63, 3.8) is 0 Å². The highest BCUT2D eigenvalue weighted by atomic mass is 32.2. The second kappa shape index (κ2) is 7.57. The lowest BCUT2D eigenvalue weighted by Crippen LogP contribution is -2.09. The Morgan fingerprint density at radius 3 is 1.56 bits per heavy atom. The number of hydrogen-bond donors (Lipinski definition) is 0. The summed E-state index contributed by atoms with van der Waals surface area (Å²) < 4.78 is 38.7. The van der Waals surface area contributed by atoms with Gasteiger partial charge in [-0.2, -0.15) is 0 Å². The minimum absolute atomic E-state index is 0.520. The number of hydrogen-bond acceptors (Lipinski definition) is 2. The maximum Gasteiger partial charge on any atom is 0.208 e. The van der Waals surface area contributed by atoms with Crippen LogP contribution in [0.3, 0.4) is 0 Å². The summed E-state index contributed by atoms with van der Waals surface area (Å²) in [5.41, 5.74) is 0. The zero-order chi connectivity index (χ0) is 17.8. The molecule has 3 aromatic rings. The van der Waals surface area contributed by atoms with Crippen LogP contribution in [0.25, 0.3) is 0 Å². The third-order valence-corrected chi connectivity index (χ3v) is 5.91. The monoisotopic (exact) mass is 359 g/mol. The maximum atomic E-state index is 13.9. The second-order valence-electron chi connectivity index (χ2n) is 5.21. The fourth-order valence-corrected chi connectivity index (χ4v) is 4.93. The smallest absolute Gasteiger partial charge is 0.208 e. The van der Waals surface area contributed by atoms with Gasteiger partial charge >= 0.3 is 0 Å². The molecule has 0 unspecified atom stereocenters. The number of rotatable bonds is 5. The Balaban J connectivity index is 2.28. The van der Waals surface area contributed by atoms with Crippen molar-refractivity contribution in [2.45, 2.75) is 14.7 Å². The molecule has 3 rings (SSSR count). The molecule has 3 aromatic carbocycles. The van der Waals surface area contributed by atoms with Crippen molar-refractivity contribution in [2.24, 2.45) is 0 Å². The molecular weight excluding hydrogens is 342 g/mol. The SMILES string of the molecule is COc1ccccc1[S+](c1cc(F)cc(F)c1)c1ccccc1OC. The lowest BCUT2D eigenvalue weighted by atomic mass is 10.3. The lowest BCUT2D eigenvalue weighted by molar-refractivity contribution is 0.402. The molecule has 5 heteroatoms. The van der Waals surface area contributed by atoms with Gasteiger partial charge < -0.3 is 9.47 Å². The van der Waals surface area contributed by atoms with E-state index in [1.165, 1.54) is 12.1 Å². The molecular formula is C20H17F2O2S+. The zero-order valence-electron chi connectivity index (χ0n) is 13.8. The average Bonchev–Trinajstić information content (AvgIpc) is 2.62. The van der Waals surface area contributed by atoms with Gasteiger partial charge in [-0.15, -0.1) is 0 Å². The van der Waals surface area contributed by atoms with Crippen molar-refractivity contribution in [3.05, 3.63) is 78.4 Å². The summed E-state index contributed by atoms with van der Waals surface area (Å²) in [5.74, 6) is 0.0809. The van der Waals surface area contributed by atoms with Gasteiger partial charge in [0.25, 0.3) is 0 Å². The fourth-order valence-electron chi connectivity index (χ4n) is 2.59. The van der Waals surface area contributed by atoms with Crippen LogP contribution >= 0.6 is 0 Å². The molecule has 0 amide bonds. The number of para-hydroxylation sites is 2. The first-order valence-electron chi connectivity index (χ1n) is 7.60. The van der Waals surface area contributed by atoms with Gasteiger partial charge in [-0.3, -0.25) is 0 Å². The second-order valence-corrected chi connectivity index (χ2v) is 7.18. The minimum Gasteiger partial charge on any atom is -0.491 e. The van der Waals surface area contributed by atoms with E-state index in [2.05, 4.69) is 0 Å². The van der Waals surface area contributed by atoms with Crippen LogP contribution in [-0.2, 0) is 10.9 Å². The van der Waals surface area contributed by atoms with Crippen LogP contribution in [0.4, 0.5) is 8.78 Å². The van der Waals surface area contributed by atoms with Crippen LogP contribution in [0.5, 0.6) is 11.5 Å². The fraction of sp³-hybridized carbons (Fsp3) is 0.100. The van der Waals surface area contributed by atoms with E-state index in [1.807, 2.05) is 48.5 Å². The van der Waals surface area contributed by atoms with Gasteiger partial charge in [0, 0.05) is 18.2 Å². The van der Waals surface area contributed by atoms with Crippen LogP contribution in [0, 0.1) is 11.6 Å². The largest absolute Gasteiger partial charge is 0.491 e. The van der Waals surface area contributed by atoms with E-state index in [-0.39, 0.29) is 0 Å². The maximum absolute atomic E-state index is 13.9. The van der Waals surface area contributed by atoms with Crippen LogP contribution in [0.2, 0.25) is 0 Å². The summed E-state index contributed by atoms with van der Waals surface area (Å²) in [5, 5.41) is 0. The molecule has 0 saturated carbocycles. The van der Waals surface area contributed by atoms with Gasteiger partial charge in [0.05, 0.1) is 14.2 Å². The predicted octanol–water partition coefficient (Wildman–Crippen LogP) is 5.08. The van der Waals surface area contributed by atoms with E-state index in [0.717, 1.165) is 15.9 Å². The highest BCUT2D eigenvalue weighted by molar-refractivity contribution is 7.97. The zero-order valence-corrected chi connectivity index (χ0v) is 14.6. The van der Waals surface area contributed by atoms with Gasteiger partial charge in [0.1, 0.15) is 22.5 Å². The van der Waals surface area contributed by atoms with Crippen LogP contribution in [-0.4, -0.2) is 14.2 Å². The van der Waals surface area contributed by atoms with Gasteiger partial charge in [-0.25, -0.2) is 8.78 Å².